The Bertz CT molecular complexity index is 957. The van der Waals surface area contributed by atoms with E-state index in [1.54, 1.807) is 48.5 Å². The van der Waals surface area contributed by atoms with Crippen molar-refractivity contribution in [3.8, 4) is 0 Å². The van der Waals surface area contributed by atoms with E-state index in [0.717, 1.165) is 12.5 Å². The molecule has 9 heteroatoms. The Hall–Kier alpha value is -1.09. The van der Waals surface area contributed by atoms with Crippen LogP contribution in [-0.4, -0.2) is 41.9 Å². The van der Waals surface area contributed by atoms with Gasteiger partial charge in [-0.2, -0.15) is 0 Å². The molecule has 0 unspecified atom stereocenters. The van der Waals surface area contributed by atoms with Gasteiger partial charge in [0.2, 0.25) is 0 Å². The van der Waals surface area contributed by atoms with Gasteiger partial charge in [-0.1, -0.05) is 59.5 Å². The molecule has 1 heterocycles. The number of rotatable bonds is 2. The van der Waals surface area contributed by atoms with Crippen LogP contribution in [0.1, 0.15) is 0 Å². The van der Waals surface area contributed by atoms with Crippen LogP contribution in [0, 0.1) is 0 Å². The van der Waals surface area contributed by atoms with E-state index in [1.165, 1.54) is 0 Å². The lowest BCUT2D eigenvalue weighted by molar-refractivity contribution is 0.612. The minimum absolute atomic E-state index is 0.443. The van der Waals surface area contributed by atoms with Crippen molar-refractivity contribution in [1.29, 1.82) is 0 Å². The number of benzene rings is 2. The minimum Gasteiger partial charge on any atom is -0.240 e. The highest BCUT2D eigenvalue weighted by Gasteiger charge is 2.56. The van der Waals surface area contributed by atoms with E-state index in [9.17, 15) is 16.8 Å². The summed E-state index contributed by atoms with van der Waals surface area (Å²) < 4.78 is 49.9. The molecular weight excluding hydrogens is 371 g/mol. The second-order valence-corrected chi connectivity index (χ2v) is 18.1. The molecule has 4 nitrogen and oxygen atoms in total. The van der Waals surface area contributed by atoms with Crippen molar-refractivity contribution in [2.24, 2.45) is 0 Å². The van der Waals surface area contributed by atoms with Crippen molar-refractivity contribution < 1.29 is 16.8 Å². The van der Waals surface area contributed by atoms with E-state index in [-0.39, 0.29) is 0 Å². The van der Waals surface area contributed by atoms with Crippen molar-refractivity contribution in [3.63, 3.8) is 0 Å². The van der Waals surface area contributed by atoms with Crippen molar-refractivity contribution in [1.82, 2.24) is 0 Å². The smallest absolute Gasteiger partial charge is 0.240 e. The summed E-state index contributed by atoms with van der Waals surface area (Å²) in [5, 5.41) is 0.886. The second-order valence-electron chi connectivity index (χ2n) is 5.75. The first-order valence-electron chi connectivity index (χ1n) is 6.84. The predicted octanol–water partition coefficient (Wildman–Crippen LogP) is -1.01. The van der Waals surface area contributed by atoms with Gasteiger partial charge in [0.05, 0.1) is 0 Å². The number of fused-ring (bicyclic) bond motifs is 2. The Morgan fingerprint density at radius 1 is 0.826 bits per heavy atom. The van der Waals surface area contributed by atoms with Crippen molar-refractivity contribution in [2.45, 2.75) is 0 Å². The van der Waals surface area contributed by atoms with Gasteiger partial charge in [-0.3, -0.25) is 0 Å². The third-order valence-electron chi connectivity index (χ3n) is 4.12. The maximum Gasteiger partial charge on any atom is 0.355 e. The van der Waals surface area contributed by atoms with Gasteiger partial charge < -0.3 is 0 Å². The maximum absolute atomic E-state index is 12.6. The van der Waals surface area contributed by atoms with E-state index in [1.807, 2.05) is 0 Å². The second kappa shape index (κ2) is 5.20. The Morgan fingerprint density at radius 3 is 1.57 bits per heavy atom. The fourth-order valence-corrected chi connectivity index (χ4v) is 12.2. The van der Waals surface area contributed by atoms with Gasteiger partial charge in [0.1, 0.15) is 19.0 Å². The summed E-state index contributed by atoms with van der Waals surface area (Å²) in [5.41, 5.74) is 0.946. The molecule has 23 heavy (non-hydrogen) atoms. The van der Waals surface area contributed by atoms with E-state index < -0.39 is 31.5 Å². The molecule has 0 saturated heterocycles. The summed E-state index contributed by atoms with van der Waals surface area (Å²) in [6, 6.07) is 13.4. The van der Waals surface area contributed by atoms with Gasteiger partial charge in [0.25, 0.3) is 0 Å². The molecule has 0 bridgehead atoms. The van der Waals surface area contributed by atoms with Crippen LogP contribution in [0.3, 0.4) is 0 Å². The van der Waals surface area contributed by atoms with E-state index in [2.05, 4.69) is 0 Å². The monoisotopic (exact) mass is 384 g/mol. The first-order chi connectivity index (χ1) is 10.6. The summed E-state index contributed by atoms with van der Waals surface area (Å²) in [6.07, 6.45) is 2.29. The van der Waals surface area contributed by atoms with Crippen molar-refractivity contribution in [2.75, 3.05) is 12.5 Å². The summed E-state index contributed by atoms with van der Waals surface area (Å²) in [6.45, 7) is -3.62. The topological polar surface area (TPSA) is 68.3 Å². The number of halogens is 1. The van der Waals surface area contributed by atoms with Gasteiger partial charge in [0.15, 0.2) is 0 Å². The van der Waals surface area contributed by atoms with Gasteiger partial charge in [-0.15, -0.1) is 11.1 Å². The third-order valence-corrected chi connectivity index (χ3v) is 16.9. The SMILES string of the molecule is CS(=O)(=O)B1c2ccccc2[Si](Cl)(S(C)(=O)=O)c2ccccc21. The van der Waals surface area contributed by atoms with Crippen LogP contribution in [0.15, 0.2) is 48.5 Å². The van der Waals surface area contributed by atoms with Crippen LogP contribution in [0.5, 0.6) is 0 Å². The van der Waals surface area contributed by atoms with Crippen molar-refractivity contribution in [3.05, 3.63) is 48.5 Å². The van der Waals surface area contributed by atoms with Gasteiger partial charge in [0, 0.05) is 12.5 Å². The Morgan fingerprint density at radius 2 is 1.22 bits per heavy atom. The molecule has 0 spiro atoms. The van der Waals surface area contributed by atoms with Crippen LogP contribution in [0.25, 0.3) is 0 Å². The molecule has 0 amide bonds. The summed E-state index contributed by atoms with van der Waals surface area (Å²) >= 11 is 6.78. The predicted molar refractivity (Wildman–Crippen MR) is 98.5 cm³/mol. The number of hydrogen-bond donors (Lipinski definition) is 0. The molecule has 0 aromatic heterocycles. The highest BCUT2D eigenvalue weighted by atomic mass is 35.6. The lowest BCUT2D eigenvalue weighted by atomic mass is 9.61. The molecule has 0 saturated carbocycles. The highest BCUT2D eigenvalue weighted by molar-refractivity contribution is 8.30. The van der Waals surface area contributed by atoms with Crippen LogP contribution >= 0.6 is 11.1 Å². The zero-order chi connectivity index (χ0) is 17.0. The van der Waals surface area contributed by atoms with Crippen molar-refractivity contribution >= 4 is 63.9 Å². The maximum atomic E-state index is 12.6. The molecule has 3 rings (SSSR count). The molecule has 2 aromatic carbocycles. The van der Waals surface area contributed by atoms with E-state index in [4.69, 9.17) is 11.1 Å². The Labute approximate surface area is 141 Å². The third kappa shape index (κ3) is 2.39. The van der Waals surface area contributed by atoms with E-state index in [0.29, 0.717) is 21.3 Å². The molecule has 0 fully saturated rings. The quantitative estimate of drug-likeness (QED) is 0.491. The molecule has 1 aliphatic heterocycles. The largest absolute Gasteiger partial charge is 0.355 e. The summed E-state index contributed by atoms with van der Waals surface area (Å²) in [5.74, 6) is -0.893. The zero-order valence-corrected chi connectivity index (χ0v) is 15.9. The Kier molecular flexibility index (Phi) is 3.79. The first-order valence-corrected chi connectivity index (χ1v) is 14.4. The zero-order valence-electron chi connectivity index (χ0n) is 12.5. The fourth-order valence-electron chi connectivity index (χ4n) is 3.21. The molecule has 0 aliphatic carbocycles. The fraction of sp³-hybridized carbons (Fsp3) is 0.143. The van der Waals surface area contributed by atoms with Gasteiger partial charge >= 0.3 is 12.5 Å². The summed E-state index contributed by atoms with van der Waals surface area (Å²) in [4.78, 5) is 0. The molecule has 0 atom stereocenters. The Balaban J connectivity index is 2.53. The molecule has 0 N–H and O–H groups in total. The first kappa shape index (κ1) is 16.8. The van der Waals surface area contributed by atoms with Crippen LogP contribution < -0.4 is 21.3 Å². The van der Waals surface area contributed by atoms with Gasteiger partial charge in [-0.25, -0.2) is 16.8 Å². The lowest BCUT2D eigenvalue weighted by Gasteiger charge is -2.34. The highest BCUT2D eigenvalue weighted by Crippen LogP contribution is 2.20. The lowest BCUT2D eigenvalue weighted by Crippen LogP contribution is -2.77. The molecule has 120 valence electrons. The molecular formula is C14H14BClO4S2Si. The van der Waals surface area contributed by atoms with Crippen LogP contribution in [0.2, 0.25) is 0 Å². The standard InChI is InChI=1S/C14H14BClO4S2Si/c1-21(17,18)15-11-7-3-5-9-13(11)23(16,22(2,19)20)14-10-6-4-8-12(14)15/h3-10H,1-2H3. The minimum atomic E-state index is -3.62. The number of hydrogen-bond acceptors (Lipinski definition) is 4. The molecule has 1 aliphatic rings. The molecule has 0 radical (unpaired) electrons. The van der Waals surface area contributed by atoms with Gasteiger partial charge in [-0.05, 0) is 10.4 Å². The normalized spacial score (nSPS) is 16.6. The average Bonchev–Trinajstić information content (AvgIpc) is 2.45. The van der Waals surface area contributed by atoms with Crippen LogP contribution in [-0.2, 0) is 19.0 Å². The molecule has 2 aromatic rings. The van der Waals surface area contributed by atoms with E-state index >= 15 is 0 Å². The summed E-state index contributed by atoms with van der Waals surface area (Å²) in [7, 11) is -7.09. The van der Waals surface area contributed by atoms with Crippen LogP contribution in [0.4, 0.5) is 0 Å². The average molecular weight is 385 g/mol.